The highest BCUT2D eigenvalue weighted by molar-refractivity contribution is 9.10. The van der Waals surface area contributed by atoms with Gasteiger partial charge in [-0.3, -0.25) is 0 Å². The Labute approximate surface area is 104 Å². The summed E-state index contributed by atoms with van der Waals surface area (Å²) in [5, 5.41) is 3.56. The van der Waals surface area contributed by atoms with E-state index in [0.29, 0.717) is 0 Å². The molecule has 82 valence electrons. The maximum atomic E-state index is 3.56. The zero-order valence-corrected chi connectivity index (χ0v) is 11.3. The molecule has 0 amide bonds. The lowest BCUT2D eigenvalue weighted by atomic mass is 10.2. The van der Waals surface area contributed by atoms with E-state index in [1.54, 1.807) is 0 Å². The molecule has 3 heteroatoms. The highest BCUT2D eigenvalue weighted by Gasteiger charge is 2.20. The fourth-order valence-electron chi connectivity index (χ4n) is 1.52. The van der Waals surface area contributed by atoms with Crippen LogP contribution in [0.3, 0.4) is 0 Å². The summed E-state index contributed by atoms with van der Waals surface area (Å²) >= 11 is 5.45. The van der Waals surface area contributed by atoms with Crippen LogP contribution in [0.1, 0.15) is 25.3 Å². The van der Waals surface area contributed by atoms with Crippen molar-refractivity contribution in [3.8, 4) is 0 Å². The molecule has 1 N–H and O–H groups in total. The van der Waals surface area contributed by atoms with Crippen molar-refractivity contribution in [3.05, 3.63) is 28.2 Å². The van der Waals surface area contributed by atoms with Gasteiger partial charge in [0.05, 0.1) is 0 Å². The molecular weight excluding hydrogens is 270 g/mol. The van der Waals surface area contributed by atoms with Crippen LogP contribution in [0.5, 0.6) is 0 Å². The fourth-order valence-corrected chi connectivity index (χ4v) is 2.72. The first-order valence-electron chi connectivity index (χ1n) is 5.44. The van der Waals surface area contributed by atoms with E-state index in [-0.39, 0.29) is 0 Å². The molecule has 1 aliphatic carbocycles. The minimum atomic E-state index is 0.781. The summed E-state index contributed by atoms with van der Waals surface area (Å²) in [5.74, 6) is 1.14. The topological polar surface area (TPSA) is 12.0 Å². The Morgan fingerprint density at radius 3 is 2.93 bits per heavy atom. The molecule has 0 atom stereocenters. The summed E-state index contributed by atoms with van der Waals surface area (Å²) in [7, 11) is 0. The van der Waals surface area contributed by atoms with E-state index in [4.69, 9.17) is 0 Å². The Kier molecular flexibility index (Phi) is 4.12. The molecule has 1 fully saturated rings. The first-order chi connectivity index (χ1) is 7.29. The van der Waals surface area contributed by atoms with Gasteiger partial charge >= 0.3 is 0 Å². The minimum Gasteiger partial charge on any atom is -0.310 e. The van der Waals surface area contributed by atoms with Gasteiger partial charge in [-0.1, -0.05) is 22.9 Å². The average molecular weight is 286 g/mol. The molecule has 0 unspecified atom stereocenters. The Morgan fingerprint density at radius 2 is 2.27 bits per heavy atom. The molecule has 0 heterocycles. The van der Waals surface area contributed by atoms with Crippen LogP contribution in [-0.4, -0.2) is 11.8 Å². The molecule has 0 radical (unpaired) electrons. The summed E-state index contributed by atoms with van der Waals surface area (Å²) in [6, 6.07) is 7.34. The van der Waals surface area contributed by atoms with Gasteiger partial charge in [-0.15, -0.1) is 11.8 Å². The molecule has 1 nitrogen and oxygen atoms in total. The van der Waals surface area contributed by atoms with Crippen LogP contribution in [0, 0.1) is 0 Å². The monoisotopic (exact) mass is 285 g/mol. The van der Waals surface area contributed by atoms with Crippen LogP contribution in [0.25, 0.3) is 0 Å². The molecule has 1 aromatic rings. The van der Waals surface area contributed by atoms with Crippen LogP contribution >= 0.6 is 27.7 Å². The van der Waals surface area contributed by atoms with E-state index >= 15 is 0 Å². The lowest BCUT2D eigenvalue weighted by molar-refractivity contribution is 0.680. The van der Waals surface area contributed by atoms with Crippen LogP contribution < -0.4 is 5.32 Å². The van der Waals surface area contributed by atoms with Gasteiger partial charge in [0, 0.05) is 22.0 Å². The third-order valence-corrected chi connectivity index (χ3v) is 3.97. The van der Waals surface area contributed by atoms with Crippen molar-refractivity contribution in [3.63, 3.8) is 0 Å². The highest BCUT2D eigenvalue weighted by Crippen LogP contribution is 2.27. The van der Waals surface area contributed by atoms with Crippen molar-refractivity contribution < 1.29 is 0 Å². The lowest BCUT2D eigenvalue weighted by Crippen LogP contribution is -2.15. The Bertz CT molecular complexity index is 336. The van der Waals surface area contributed by atoms with Crippen LogP contribution in [0.4, 0.5) is 0 Å². The molecule has 0 bridgehead atoms. The van der Waals surface area contributed by atoms with Crippen LogP contribution in [-0.2, 0) is 6.54 Å². The molecule has 0 aromatic heterocycles. The largest absolute Gasteiger partial charge is 0.310 e. The predicted octanol–water partition coefficient (Wildman–Crippen LogP) is 3.81. The third kappa shape index (κ3) is 3.51. The molecule has 0 saturated heterocycles. The smallest absolute Gasteiger partial charge is 0.0219 e. The van der Waals surface area contributed by atoms with Crippen molar-refractivity contribution in [2.75, 3.05) is 5.75 Å². The quantitative estimate of drug-likeness (QED) is 0.826. The summed E-state index contributed by atoms with van der Waals surface area (Å²) in [6.07, 6.45) is 2.70. The predicted molar refractivity (Wildman–Crippen MR) is 70.4 cm³/mol. The van der Waals surface area contributed by atoms with Gasteiger partial charge in [-0.25, -0.2) is 0 Å². The molecular formula is C12H16BrNS. The maximum Gasteiger partial charge on any atom is 0.0219 e. The van der Waals surface area contributed by atoms with Gasteiger partial charge < -0.3 is 5.32 Å². The van der Waals surface area contributed by atoms with Crippen molar-refractivity contribution in [2.24, 2.45) is 0 Å². The van der Waals surface area contributed by atoms with Gasteiger partial charge in [0.1, 0.15) is 0 Å². The standard InChI is InChI=1S/C12H16BrNS/c1-2-15-12-6-3-10(13)7-9(12)8-14-11-4-5-11/h3,6-7,11,14H,2,4-5,8H2,1H3. The molecule has 1 aliphatic rings. The van der Waals surface area contributed by atoms with Gasteiger partial charge in [-0.2, -0.15) is 0 Å². The summed E-state index contributed by atoms with van der Waals surface area (Å²) < 4.78 is 1.18. The van der Waals surface area contributed by atoms with Crippen LogP contribution in [0.15, 0.2) is 27.6 Å². The van der Waals surface area contributed by atoms with E-state index < -0.39 is 0 Å². The first kappa shape index (κ1) is 11.5. The third-order valence-electron chi connectivity index (χ3n) is 2.48. The SMILES string of the molecule is CCSc1ccc(Br)cc1CNC1CC1. The second kappa shape index (κ2) is 5.37. The number of halogens is 1. The molecule has 0 spiro atoms. The minimum absolute atomic E-state index is 0.781. The van der Waals surface area contributed by atoms with Gasteiger partial charge in [-0.05, 0) is 42.4 Å². The number of rotatable bonds is 5. The highest BCUT2D eigenvalue weighted by atomic mass is 79.9. The maximum absolute atomic E-state index is 3.56. The Morgan fingerprint density at radius 1 is 1.47 bits per heavy atom. The molecule has 2 rings (SSSR count). The van der Waals surface area contributed by atoms with Gasteiger partial charge in [0.2, 0.25) is 0 Å². The number of thioether (sulfide) groups is 1. The summed E-state index contributed by atoms with van der Waals surface area (Å²) in [6.45, 7) is 3.21. The first-order valence-corrected chi connectivity index (χ1v) is 7.22. The number of nitrogens with one attached hydrogen (secondary N) is 1. The van der Waals surface area contributed by atoms with Crippen molar-refractivity contribution in [2.45, 2.75) is 37.2 Å². The number of hydrogen-bond acceptors (Lipinski definition) is 2. The van der Waals surface area contributed by atoms with E-state index in [9.17, 15) is 0 Å². The average Bonchev–Trinajstić information content (AvgIpc) is 3.02. The van der Waals surface area contributed by atoms with Crippen molar-refractivity contribution in [1.82, 2.24) is 5.32 Å². The number of benzene rings is 1. The van der Waals surface area contributed by atoms with Crippen molar-refractivity contribution >= 4 is 27.7 Å². The van der Waals surface area contributed by atoms with E-state index in [1.807, 2.05) is 11.8 Å². The molecule has 1 aromatic carbocycles. The van der Waals surface area contributed by atoms with E-state index in [2.05, 4.69) is 46.4 Å². The van der Waals surface area contributed by atoms with Gasteiger partial charge in [0.15, 0.2) is 0 Å². The van der Waals surface area contributed by atoms with Crippen LogP contribution in [0.2, 0.25) is 0 Å². The zero-order valence-electron chi connectivity index (χ0n) is 8.92. The second-order valence-corrected chi connectivity index (χ2v) is 6.06. The zero-order chi connectivity index (χ0) is 10.7. The van der Waals surface area contributed by atoms with E-state index in [1.165, 1.54) is 27.8 Å². The molecule has 15 heavy (non-hydrogen) atoms. The molecule has 0 aliphatic heterocycles. The Balaban J connectivity index is 2.05. The summed E-state index contributed by atoms with van der Waals surface area (Å²) in [4.78, 5) is 1.41. The summed E-state index contributed by atoms with van der Waals surface area (Å²) in [5.41, 5.74) is 1.42. The van der Waals surface area contributed by atoms with Crippen molar-refractivity contribution in [1.29, 1.82) is 0 Å². The second-order valence-electron chi connectivity index (χ2n) is 3.84. The van der Waals surface area contributed by atoms with E-state index in [0.717, 1.165) is 18.3 Å². The molecule has 1 saturated carbocycles. The van der Waals surface area contributed by atoms with Gasteiger partial charge in [0.25, 0.3) is 0 Å². The number of hydrogen-bond donors (Lipinski definition) is 1. The fraction of sp³-hybridized carbons (Fsp3) is 0.500. The normalized spacial score (nSPS) is 15.6. The Hall–Kier alpha value is 0.01000. The lowest BCUT2D eigenvalue weighted by Gasteiger charge is -2.09.